The van der Waals surface area contributed by atoms with Gasteiger partial charge in [0.1, 0.15) is 6.54 Å². The van der Waals surface area contributed by atoms with Crippen LogP contribution < -0.4 is 10.6 Å². The zero-order valence-corrected chi connectivity index (χ0v) is 17.6. The van der Waals surface area contributed by atoms with Crippen LogP contribution in [-0.2, 0) is 14.3 Å². The maximum Gasteiger partial charge on any atom is 0.242 e. The quantitative estimate of drug-likeness (QED) is 0.542. The second-order valence-corrected chi connectivity index (χ2v) is 8.48. The molecule has 2 rings (SSSR count). The summed E-state index contributed by atoms with van der Waals surface area (Å²) in [5.41, 5.74) is -0.233. The molecule has 2 saturated heterocycles. The van der Waals surface area contributed by atoms with E-state index >= 15 is 0 Å². The minimum absolute atomic E-state index is 0.0522. The lowest BCUT2D eigenvalue weighted by atomic mass is 10.1. The molecule has 0 aromatic carbocycles. The number of nitrogens with zero attached hydrogens (tertiary/aromatic N) is 2. The zero-order valence-electron chi connectivity index (χ0n) is 17.6. The van der Waals surface area contributed by atoms with E-state index in [2.05, 4.69) is 20.5 Å². The van der Waals surface area contributed by atoms with Gasteiger partial charge in [-0.3, -0.25) is 4.79 Å². The second kappa shape index (κ2) is 10.9. The van der Waals surface area contributed by atoms with Crippen LogP contribution in [0.1, 0.15) is 59.8 Å². The highest BCUT2D eigenvalue weighted by molar-refractivity contribution is 5.85. The van der Waals surface area contributed by atoms with Crippen molar-refractivity contribution in [2.45, 2.75) is 77.5 Å². The molecule has 2 aliphatic heterocycles. The van der Waals surface area contributed by atoms with Gasteiger partial charge in [-0.15, -0.1) is 0 Å². The Hall–Kier alpha value is -1.34. The van der Waals surface area contributed by atoms with Crippen molar-refractivity contribution in [2.75, 3.05) is 39.4 Å². The standard InChI is InChI=1S/C20H38N4O3/c1-5-21-19(22-14-18(25)23-20(2,3)4)24-11-9-16(10-12-24)27-15-17-8-6-7-13-26-17/h16-17H,5-15H2,1-4H3,(H,21,22)(H,23,25). The fourth-order valence-corrected chi connectivity index (χ4v) is 3.45. The number of ether oxygens (including phenoxy) is 2. The van der Waals surface area contributed by atoms with Crippen molar-refractivity contribution in [1.29, 1.82) is 0 Å². The molecule has 7 heteroatoms. The van der Waals surface area contributed by atoms with Gasteiger partial charge in [-0.1, -0.05) is 0 Å². The van der Waals surface area contributed by atoms with Gasteiger partial charge in [0.2, 0.25) is 5.91 Å². The molecule has 2 aliphatic rings. The van der Waals surface area contributed by atoms with E-state index < -0.39 is 0 Å². The van der Waals surface area contributed by atoms with E-state index in [1.807, 2.05) is 27.7 Å². The van der Waals surface area contributed by atoms with Crippen LogP contribution in [0.2, 0.25) is 0 Å². The van der Waals surface area contributed by atoms with E-state index in [-0.39, 0.29) is 24.1 Å². The van der Waals surface area contributed by atoms with Gasteiger partial charge in [-0.25, -0.2) is 4.99 Å². The molecule has 1 unspecified atom stereocenters. The SMILES string of the molecule is CCNC(=NCC(=O)NC(C)(C)C)N1CCC(OCC2CCCCO2)CC1. The van der Waals surface area contributed by atoms with Crippen LogP contribution in [-0.4, -0.2) is 73.9 Å². The lowest BCUT2D eigenvalue weighted by molar-refractivity contribution is -0.121. The van der Waals surface area contributed by atoms with Crippen molar-refractivity contribution in [3.63, 3.8) is 0 Å². The van der Waals surface area contributed by atoms with E-state index in [4.69, 9.17) is 9.47 Å². The zero-order chi connectivity index (χ0) is 19.7. The van der Waals surface area contributed by atoms with Crippen LogP contribution in [0.5, 0.6) is 0 Å². The van der Waals surface area contributed by atoms with E-state index in [1.54, 1.807) is 0 Å². The Labute approximate surface area is 164 Å². The molecule has 0 bridgehead atoms. The largest absolute Gasteiger partial charge is 0.376 e. The average molecular weight is 383 g/mol. The number of carbonyl (C=O) groups excluding carboxylic acids is 1. The fraction of sp³-hybridized carbons (Fsp3) is 0.900. The first-order valence-electron chi connectivity index (χ1n) is 10.4. The van der Waals surface area contributed by atoms with Crippen LogP contribution in [0, 0.1) is 0 Å². The maximum absolute atomic E-state index is 12.0. The highest BCUT2D eigenvalue weighted by Gasteiger charge is 2.24. The molecule has 2 N–H and O–H groups in total. The fourth-order valence-electron chi connectivity index (χ4n) is 3.45. The summed E-state index contributed by atoms with van der Waals surface area (Å²) in [5.74, 6) is 0.763. The average Bonchev–Trinajstić information content (AvgIpc) is 2.63. The molecule has 0 saturated carbocycles. The predicted molar refractivity (Wildman–Crippen MR) is 108 cm³/mol. The highest BCUT2D eigenvalue weighted by atomic mass is 16.5. The van der Waals surface area contributed by atoms with E-state index in [1.165, 1.54) is 12.8 Å². The molecule has 2 heterocycles. The normalized spacial score (nSPS) is 22.6. The first-order valence-corrected chi connectivity index (χ1v) is 10.4. The summed E-state index contributed by atoms with van der Waals surface area (Å²) in [4.78, 5) is 18.8. The molecule has 0 spiro atoms. The van der Waals surface area contributed by atoms with Crippen molar-refractivity contribution >= 4 is 11.9 Å². The van der Waals surface area contributed by atoms with Gasteiger partial charge in [0.25, 0.3) is 0 Å². The molecule has 7 nitrogen and oxygen atoms in total. The maximum atomic E-state index is 12.0. The van der Waals surface area contributed by atoms with E-state index in [0.29, 0.717) is 12.7 Å². The third-order valence-corrected chi connectivity index (χ3v) is 4.76. The van der Waals surface area contributed by atoms with Crippen LogP contribution in [0.3, 0.4) is 0 Å². The Bertz CT molecular complexity index is 476. The summed E-state index contributed by atoms with van der Waals surface area (Å²) in [6, 6.07) is 0. The van der Waals surface area contributed by atoms with Crippen molar-refractivity contribution < 1.29 is 14.3 Å². The summed E-state index contributed by atoms with van der Waals surface area (Å²) in [7, 11) is 0. The summed E-state index contributed by atoms with van der Waals surface area (Å²) in [6.07, 6.45) is 6.06. The number of rotatable bonds is 6. The van der Waals surface area contributed by atoms with Gasteiger partial charge in [0, 0.05) is 31.8 Å². The third-order valence-electron chi connectivity index (χ3n) is 4.76. The molecule has 1 atom stereocenters. The number of aliphatic imine (C=N–C) groups is 1. The van der Waals surface area contributed by atoms with Gasteiger partial charge >= 0.3 is 0 Å². The second-order valence-electron chi connectivity index (χ2n) is 8.48. The molecular weight excluding hydrogens is 344 g/mol. The Balaban J connectivity index is 1.76. The molecule has 156 valence electrons. The lowest BCUT2D eigenvalue weighted by Crippen LogP contribution is -2.48. The van der Waals surface area contributed by atoms with Gasteiger partial charge in [0.05, 0.1) is 18.8 Å². The predicted octanol–water partition coefficient (Wildman–Crippen LogP) is 1.92. The highest BCUT2D eigenvalue weighted by Crippen LogP contribution is 2.18. The minimum Gasteiger partial charge on any atom is -0.376 e. The topological polar surface area (TPSA) is 75.2 Å². The first-order chi connectivity index (χ1) is 12.9. The van der Waals surface area contributed by atoms with Crippen LogP contribution in [0.25, 0.3) is 0 Å². The number of likely N-dealkylation sites (tertiary alicyclic amines) is 1. The molecule has 2 fully saturated rings. The van der Waals surface area contributed by atoms with Crippen molar-refractivity contribution in [3.05, 3.63) is 0 Å². The Morgan fingerprint density at radius 2 is 1.96 bits per heavy atom. The number of hydrogen-bond acceptors (Lipinski definition) is 4. The molecule has 0 radical (unpaired) electrons. The number of carbonyl (C=O) groups is 1. The smallest absolute Gasteiger partial charge is 0.242 e. The van der Waals surface area contributed by atoms with Crippen LogP contribution in [0.15, 0.2) is 4.99 Å². The Kier molecular flexibility index (Phi) is 8.83. The number of guanidine groups is 1. The van der Waals surface area contributed by atoms with E-state index in [9.17, 15) is 4.79 Å². The van der Waals surface area contributed by atoms with Crippen LogP contribution in [0.4, 0.5) is 0 Å². The Morgan fingerprint density at radius 3 is 2.56 bits per heavy atom. The molecule has 0 aromatic heterocycles. The van der Waals surface area contributed by atoms with Gasteiger partial charge in [-0.2, -0.15) is 0 Å². The molecule has 0 aromatic rings. The first kappa shape index (κ1) is 22.0. The lowest BCUT2D eigenvalue weighted by Gasteiger charge is -2.35. The van der Waals surface area contributed by atoms with Gasteiger partial charge < -0.3 is 25.0 Å². The van der Waals surface area contributed by atoms with Crippen molar-refractivity contribution in [2.24, 2.45) is 4.99 Å². The summed E-state index contributed by atoms with van der Waals surface area (Å²) < 4.78 is 11.8. The number of piperidine rings is 1. The van der Waals surface area contributed by atoms with E-state index in [0.717, 1.165) is 51.5 Å². The number of hydrogen-bond donors (Lipinski definition) is 2. The summed E-state index contributed by atoms with van der Waals surface area (Å²) in [6.45, 7) is 12.3. The van der Waals surface area contributed by atoms with Crippen molar-refractivity contribution in [1.82, 2.24) is 15.5 Å². The molecular formula is C20H38N4O3. The number of nitrogens with one attached hydrogen (secondary N) is 2. The van der Waals surface area contributed by atoms with Gasteiger partial charge in [-0.05, 0) is 59.8 Å². The van der Waals surface area contributed by atoms with Crippen LogP contribution >= 0.6 is 0 Å². The van der Waals surface area contributed by atoms with Crippen molar-refractivity contribution in [3.8, 4) is 0 Å². The van der Waals surface area contributed by atoms with Gasteiger partial charge in [0.15, 0.2) is 5.96 Å². The Morgan fingerprint density at radius 1 is 1.22 bits per heavy atom. The molecule has 0 aliphatic carbocycles. The minimum atomic E-state index is -0.233. The number of amides is 1. The summed E-state index contributed by atoms with van der Waals surface area (Å²) >= 11 is 0. The molecule has 1 amide bonds. The third kappa shape index (κ3) is 8.47. The summed E-state index contributed by atoms with van der Waals surface area (Å²) in [5, 5.41) is 6.25. The monoisotopic (exact) mass is 382 g/mol. The molecule has 27 heavy (non-hydrogen) atoms.